The van der Waals surface area contributed by atoms with E-state index in [1.807, 2.05) is 39.9 Å². The van der Waals surface area contributed by atoms with E-state index >= 15 is 0 Å². The van der Waals surface area contributed by atoms with Crippen LogP contribution in [0.2, 0.25) is 0 Å². The van der Waals surface area contributed by atoms with E-state index in [1.165, 1.54) is 11.3 Å². The van der Waals surface area contributed by atoms with Crippen LogP contribution in [-0.2, 0) is 0 Å². The quantitative estimate of drug-likeness (QED) is 0.723. The predicted octanol–water partition coefficient (Wildman–Crippen LogP) is 3.88. The van der Waals surface area contributed by atoms with E-state index in [0.717, 1.165) is 29.1 Å². The van der Waals surface area contributed by atoms with Crippen molar-refractivity contribution in [1.82, 2.24) is 15.1 Å². The van der Waals surface area contributed by atoms with Crippen LogP contribution in [0.5, 0.6) is 0 Å². The van der Waals surface area contributed by atoms with Crippen molar-refractivity contribution in [2.45, 2.75) is 18.8 Å². The van der Waals surface area contributed by atoms with Crippen molar-refractivity contribution >= 4 is 28.6 Å². The number of hydrogen-bond donors (Lipinski definition) is 0. The number of rotatable bonds is 3. The summed E-state index contributed by atoms with van der Waals surface area (Å²) in [4.78, 5) is 16.2. The summed E-state index contributed by atoms with van der Waals surface area (Å²) in [5.74, 6) is 1.42. The van der Waals surface area contributed by atoms with Crippen LogP contribution >= 0.6 is 22.7 Å². The average Bonchev–Trinajstić information content (AvgIpc) is 3.36. The molecule has 0 bridgehead atoms. The third-order valence-corrected chi connectivity index (χ3v) is 5.68. The summed E-state index contributed by atoms with van der Waals surface area (Å²) in [6.45, 7) is 1.43. The highest BCUT2D eigenvalue weighted by Crippen LogP contribution is 2.30. The van der Waals surface area contributed by atoms with E-state index in [1.54, 1.807) is 11.3 Å². The number of thiophene rings is 2. The normalized spacial score (nSPS) is 18.3. The summed E-state index contributed by atoms with van der Waals surface area (Å²) >= 11 is 3.06. The maximum atomic E-state index is 12.5. The van der Waals surface area contributed by atoms with Gasteiger partial charge >= 0.3 is 0 Å². The summed E-state index contributed by atoms with van der Waals surface area (Å²) in [5, 5.41) is 12.3. The summed E-state index contributed by atoms with van der Waals surface area (Å²) in [6, 6.07) is 7.71. The van der Waals surface area contributed by atoms with Gasteiger partial charge in [-0.15, -0.1) is 32.9 Å². The van der Waals surface area contributed by atoms with E-state index in [0.29, 0.717) is 18.3 Å². The number of carbonyl (C=O) groups excluding carboxylic acids is 1. The maximum absolute atomic E-state index is 12.5. The van der Waals surface area contributed by atoms with Crippen molar-refractivity contribution in [3.63, 3.8) is 0 Å². The van der Waals surface area contributed by atoms with Gasteiger partial charge in [-0.1, -0.05) is 12.1 Å². The standard InChI is InChI=1S/C16H15N3O2S2/c20-16(13-6-3-9-23-13)19-7-1-4-11(10-19)14-17-18-15(21-14)12-5-2-8-22-12/h2-3,5-6,8-9,11H,1,4,7,10H2/t11-/m0/s1. The number of carbonyl (C=O) groups is 1. The zero-order chi connectivity index (χ0) is 15.6. The number of nitrogens with zero attached hydrogens (tertiary/aromatic N) is 3. The van der Waals surface area contributed by atoms with E-state index in [9.17, 15) is 4.79 Å². The van der Waals surface area contributed by atoms with Gasteiger partial charge in [-0.05, 0) is 35.7 Å². The molecule has 118 valence electrons. The first-order valence-corrected chi connectivity index (χ1v) is 9.27. The molecule has 5 nitrogen and oxygen atoms in total. The Morgan fingerprint density at radius 2 is 2.09 bits per heavy atom. The van der Waals surface area contributed by atoms with Crippen molar-refractivity contribution in [2.75, 3.05) is 13.1 Å². The minimum atomic E-state index is 0.0997. The van der Waals surface area contributed by atoms with E-state index < -0.39 is 0 Å². The molecule has 3 aromatic rings. The molecular weight excluding hydrogens is 330 g/mol. The summed E-state index contributed by atoms with van der Waals surface area (Å²) in [6.07, 6.45) is 1.93. The van der Waals surface area contributed by atoms with Crippen LogP contribution in [0.4, 0.5) is 0 Å². The van der Waals surface area contributed by atoms with Crippen molar-refractivity contribution < 1.29 is 9.21 Å². The Bertz CT molecular complexity index is 780. The first-order valence-electron chi connectivity index (χ1n) is 7.51. The number of amides is 1. The van der Waals surface area contributed by atoms with Crippen LogP contribution in [0.15, 0.2) is 39.4 Å². The molecule has 0 spiro atoms. The largest absolute Gasteiger partial charge is 0.420 e. The Labute approximate surface area is 141 Å². The third-order valence-electron chi connectivity index (χ3n) is 3.96. The fraction of sp³-hybridized carbons (Fsp3) is 0.312. The fourth-order valence-corrected chi connectivity index (χ4v) is 4.15. The second-order valence-electron chi connectivity index (χ2n) is 5.49. The minimum Gasteiger partial charge on any atom is -0.420 e. The molecular formula is C16H15N3O2S2. The second-order valence-corrected chi connectivity index (χ2v) is 7.39. The molecule has 7 heteroatoms. The molecule has 1 saturated heterocycles. The van der Waals surface area contributed by atoms with Gasteiger partial charge in [-0.2, -0.15) is 0 Å². The number of aromatic nitrogens is 2. The molecule has 0 radical (unpaired) electrons. The van der Waals surface area contributed by atoms with Gasteiger partial charge in [0.25, 0.3) is 11.8 Å². The summed E-state index contributed by atoms with van der Waals surface area (Å²) in [7, 11) is 0. The average molecular weight is 345 g/mol. The maximum Gasteiger partial charge on any atom is 0.263 e. The third kappa shape index (κ3) is 2.94. The molecule has 4 heterocycles. The Balaban J connectivity index is 1.50. The van der Waals surface area contributed by atoms with Gasteiger partial charge in [0.15, 0.2) is 0 Å². The van der Waals surface area contributed by atoms with Crippen LogP contribution in [0.1, 0.15) is 34.3 Å². The second kappa shape index (κ2) is 6.25. The van der Waals surface area contributed by atoms with E-state index in [2.05, 4.69) is 10.2 Å². The summed E-state index contributed by atoms with van der Waals surface area (Å²) in [5.41, 5.74) is 0. The molecule has 3 aromatic heterocycles. The van der Waals surface area contributed by atoms with Crippen molar-refractivity contribution in [3.05, 3.63) is 45.8 Å². The van der Waals surface area contributed by atoms with Gasteiger partial charge in [0.1, 0.15) is 0 Å². The smallest absolute Gasteiger partial charge is 0.263 e. The van der Waals surface area contributed by atoms with E-state index in [4.69, 9.17) is 4.42 Å². The molecule has 1 fully saturated rings. The Morgan fingerprint density at radius 3 is 2.87 bits per heavy atom. The van der Waals surface area contributed by atoms with Crippen LogP contribution in [-0.4, -0.2) is 34.1 Å². The van der Waals surface area contributed by atoms with Crippen LogP contribution in [0, 0.1) is 0 Å². The highest BCUT2D eigenvalue weighted by molar-refractivity contribution is 7.13. The first kappa shape index (κ1) is 14.6. The van der Waals surface area contributed by atoms with Crippen LogP contribution in [0.3, 0.4) is 0 Å². The van der Waals surface area contributed by atoms with Gasteiger partial charge in [-0.3, -0.25) is 4.79 Å². The highest BCUT2D eigenvalue weighted by Gasteiger charge is 2.29. The van der Waals surface area contributed by atoms with Crippen molar-refractivity contribution in [1.29, 1.82) is 0 Å². The van der Waals surface area contributed by atoms with Crippen LogP contribution in [0.25, 0.3) is 10.8 Å². The van der Waals surface area contributed by atoms with Crippen LogP contribution < -0.4 is 0 Å². The molecule has 4 rings (SSSR count). The monoisotopic (exact) mass is 345 g/mol. The molecule has 0 unspecified atom stereocenters. The van der Waals surface area contributed by atoms with Gasteiger partial charge < -0.3 is 9.32 Å². The minimum absolute atomic E-state index is 0.0997. The predicted molar refractivity (Wildman–Crippen MR) is 89.8 cm³/mol. The molecule has 23 heavy (non-hydrogen) atoms. The molecule has 0 aromatic carbocycles. The molecule has 1 amide bonds. The number of likely N-dealkylation sites (tertiary alicyclic amines) is 1. The first-order chi connectivity index (χ1) is 11.3. The highest BCUT2D eigenvalue weighted by atomic mass is 32.1. The van der Waals surface area contributed by atoms with Gasteiger partial charge in [0.2, 0.25) is 5.89 Å². The molecule has 1 aliphatic rings. The Morgan fingerprint density at radius 1 is 1.22 bits per heavy atom. The SMILES string of the molecule is O=C(c1cccs1)N1CCC[C@H](c2nnc(-c3cccs3)o2)C1. The molecule has 1 aliphatic heterocycles. The topological polar surface area (TPSA) is 59.2 Å². The van der Waals surface area contributed by atoms with Crippen molar-refractivity contribution in [3.8, 4) is 10.8 Å². The van der Waals surface area contributed by atoms with E-state index in [-0.39, 0.29) is 11.8 Å². The molecule has 1 atom stereocenters. The van der Waals surface area contributed by atoms with Gasteiger partial charge in [0.05, 0.1) is 15.7 Å². The molecule has 0 aliphatic carbocycles. The Kier molecular flexibility index (Phi) is 3.97. The lowest BCUT2D eigenvalue weighted by atomic mass is 9.98. The summed E-state index contributed by atoms with van der Waals surface area (Å²) < 4.78 is 5.84. The fourth-order valence-electron chi connectivity index (χ4n) is 2.82. The molecule has 0 saturated carbocycles. The zero-order valence-corrected chi connectivity index (χ0v) is 14.0. The molecule has 0 N–H and O–H groups in total. The lowest BCUT2D eigenvalue weighted by Crippen LogP contribution is -2.38. The van der Waals surface area contributed by atoms with Gasteiger partial charge in [0, 0.05) is 13.1 Å². The lowest BCUT2D eigenvalue weighted by Gasteiger charge is -2.30. The van der Waals surface area contributed by atoms with Crippen molar-refractivity contribution in [2.24, 2.45) is 0 Å². The Hall–Kier alpha value is -1.99. The number of piperidine rings is 1. The lowest BCUT2D eigenvalue weighted by molar-refractivity contribution is 0.0703. The zero-order valence-electron chi connectivity index (χ0n) is 12.3. The van der Waals surface area contributed by atoms with Gasteiger partial charge in [-0.25, -0.2) is 0 Å². The number of hydrogen-bond acceptors (Lipinski definition) is 6.